The van der Waals surface area contributed by atoms with Crippen molar-refractivity contribution in [1.29, 1.82) is 0 Å². The molecule has 0 aromatic heterocycles. The van der Waals surface area contributed by atoms with Gasteiger partial charge in [-0.1, -0.05) is 19.3 Å². The van der Waals surface area contributed by atoms with E-state index in [0.29, 0.717) is 5.92 Å². The number of esters is 1. The molecule has 2 rings (SSSR count). The molecule has 0 aromatic rings. The van der Waals surface area contributed by atoms with Gasteiger partial charge in [-0.15, -0.1) is 0 Å². The quantitative estimate of drug-likeness (QED) is 0.559. The highest BCUT2D eigenvalue weighted by atomic mass is 16.7. The Labute approximate surface area is 72.0 Å². The van der Waals surface area contributed by atoms with Crippen LogP contribution in [0.5, 0.6) is 0 Å². The van der Waals surface area contributed by atoms with E-state index in [1.807, 2.05) is 0 Å². The number of hydrogen-bond acceptors (Lipinski definition) is 3. The molecule has 1 aliphatic carbocycles. The molecule has 0 unspecified atom stereocenters. The maximum Gasteiger partial charge on any atom is 0.334 e. The molecule has 0 N–H and O–H groups in total. The Hall–Kier alpha value is -0.570. The van der Waals surface area contributed by atoms with Crippen molar-refractivity contribution in [2.75, 3.05) is 6.61 Å². The van der Waals surface area contributed by atoms with Gasteiger partial charge in [0, 0.05) is 5.92 Å². The molecular formula is C9H14O3. The van der Waals surface area contributed by atoms with Gasteiger partial charge in [0.1, 0.15) is 6.61 Å². The summed E-state index contributed by atoms with van der Waals surface area (Å²) in [7, 11) is 0. The molecule has 0 spiro atoms. The molecule has 2 fully saturated rings. The van der Waals surface area contributed by atoms with E-state index in [-0.39, 0.29) is 18.9 Å². The number of cyclic esters (lactones) is 1. The average Bonchev–Trinajstić information content (AvgIpc) is 2.54. The van der Waals surface area contributed by atoms with Gasteiger partial charge in [0.25, 0.3) is 0 Å². The van der Waals surface area contributed by atoms with Crippen LogP contribution in [0.4, 0.5) is 0 Å². The molecule has 2 aliphatic rings. The Bertz CT molecular complexity index is 173. The van der Waals surface area contributed by atoms with Crippen LogP contribution in [0.15, 0.2) is 0 Å². The Morgan fingerprint density at radius 3 is 2.50 bits per heavy atom. The Morgan fingerprint density at radius 2 is 1.92 bits per heavy atom. The zero-order valence-electron chi connectivity index (χ0n) is 7.12. The number of hydrogen-bond donors (Lipinski definition) is 0. The minimum absolute atomic E-state index is 0.154. The number of carbonyl (C=O) groups is 1. The molecule has 0 radical (unpaired) electrons. The highest BCUT2D eigenvalue weighted by molar-refractivity contribution is 5.72. The predicted octanol–water partition coefficient (Wildman–Crippen LogP) is 1.47. The van der Waals surface area contributed by atoms with Crippen LogP contribution in [0, 0.1) is 5.92 Å². The van der Waals surface area contributed by atoms with Gasteiger partial charge in [0.05, 0.1) is 0 Å². The fourth-order valence-corrected chi connectivity index (χ4v) is 1.99. The highest BCUT2D eigenvalue weighted by Gasteiger charge is 2.32. The zero-order valence-corrected chi connectivity index (χ0v) is 7.12. The first-order valence-electron chi connectivity index (χ1n) is 4.67. The summed E-state index contributed by atoms with van der Waals surface area (Å²) in [5.41, 5.74) is 0. The van der Waals surface area contributed by atoms with Crippen molar-refractivity contribution in [3.63, 3.8) is 0 Å². The summed E-state index contributed by atoms with van der Waals surface area (Å²) < 4.78 is 10.3. The molecule has 1 atom stereocenters. The lowest BCUT2D eigenvalue weighted by Gasteiger charge is -2.24. The van der Waals surface area contributed by atoms with Gasteiger partial charge in [0.15, 0.2) is 0 Å². The summed E-state index contributed by atoms with van der Waals surface area (Å²) in [4.78, 5) is 10.7. The molecule has 0 amide bonds. The number of rotatable bonds is 1. The SMILES string of the molecule is O=C1CO[C@H](C2CCCCC2)O1. The second kappa shape index (κ2) is 3.44. The van der Waals surface area contributed by atoms with Gasteiger partial charge in [0.2, 0.25) is 6.29 Å². The van der Waals surface area contributed by atoms with Crippen LogP contribution in [0.2, 0.25) is 0 Å². The summed E-state index contributed by atoms with van der Waals surface area (Å²) >= 11 is 0. The minimum Gasteiger partial charge on any atom is -0.434 e. The van der Waals surface area contributed by atoms with Crippen molar-refractivity contribution in [2.24, 2.45) is 5.92 Å². The summed E-state index contributed by atoms with van der Waals surface area (Å²) in [5, 5.41) is 0. The van der Waals surface area contributed by atoms with E-state index >= 15 is 0 Å². The monoisotopic (exact) mass is 170 g/mol. The standard InChI is InChI=1S/C9H14O3/c10-8-6-11-9(12-8)7-4-2-1-3-5-7/h7,9H,1-6H2/t9-/m0/s1. The molecule has 1 aliphatic heterocycles. The van der Waals surface area contributed by atoms with Crippen LogP contribution < -0.4 is 0 Å². The lowest BCUT2D eigenvalue weighted by atomic mass is 9.89. The van der Waals surface area contributed by atoms with Crippen LogP contribution in [0.25, 0.3) is 0 Å². The first kappa shape index (κ1) is 8.05. The molecule has 0 aromatic carbocycles. The summed E-state index contributed by atoms with van der Waals surface area (Å²) in [6.45, 7) is 0.154. The molecule has 0 bridgehead atoms. The lowest BCUT2D eigenvalue weighted by molar-refractivity contribution is -0.149. The fourth-order valence-electron chi connectivity index (χ4n) is 1.99. The Balaban J connectivity index is 1.86. The van der Waals surface area contributed by atoms with E-state index in [2.05, 4.69) is 0 Å². The maximum atomic E-state index is 10.7. The second-order valence-corrected chi connectivity index (χ2v) is 3.57. The molecule has 1 saturated carbocycles. The Kier molecular flexibility index (Phi) is 2.30. The average molecular weight is 170 g/mol. The molecule has 3 nitrogen and oxygen atoms in total. The molecule has 12 heavy (non-hydrogen) atoms. The number of ether oxygens (including phenoxy) is 2. The summed E-state index contributed by atoms with van der Waals surface area (Å²) in [6, 6.07) is 0. The van der Waals surface area contributed by atoms with Crippen molar-refractivity contribution in [3.05, 3.63) is 0 Å². The predicted molar refractivity (Wildman–Crippen MR) is 42.4 cm³/mol. The Morgan fingerprint density at radius 1 is 1.17 bits per heavy atom. The summed E-state index contributed by atoms with van der Waals surface area (Å²) in [6.07, 6.45) is 5.90. The van der Waals surface area contributed by atoms with E-state index < -0.39 is 0 Å². The van der Waals surface area contributed by atoms with Crippen molar-refractivity contribution >= 4 is 5.97 Å². The van der Waals surface area contributed by atoms with Gasteiger partial charge < -0.3 is 9.47 Å². The topological polar surface area (TPSA) is 35.5 Å². The fraction of sp³-hybridized carbons (Fsp3) is 0.889. The first-order chi connectivity index (χ1) is 5.86. The zero-order chi connectivity index (χ0) is 8.39. The summed E-state index contributed by atoms with van der Waals surface area (Å²) in [5.74, 6) is 0.260. The van der Waals surface area contributed by atoms with Gasteiger partial charge in [-0.25, -0.2) is 4.79 Å². The van der Waals surface area contributed by atoms with Crippen molar-refractivity contribution < 1.29 is 14.3 Å². The largest absolute Gasteiger partial charge is 0.434 e. The van der Waals surface area contributed by atoms with E-state index in [9.17, 15) is 4.79 Å². The third kappa shape index (κ3) is 1.61. The van der Waals surface area contributed by atoms with Crippen LogP contribution in [0.3, 0.4) is 0 Å². The number of carbonyl (C=O) groups excluding carboxylic acids is 1. The highest BCUT2D eigenvalue weighted by Crippen LogP contribution is 2.30. The van der Waals surface area contributed by atoms with E-state index in [0.717, 1.165) is 12.8 Å². The maximum absolute atomic E-state index is 10.7. The molecule has 3 heteroatoms. The minimum atomic E-state index is -0.224. The van der Waals surface area contributed by atoms with E-state index in [4.69, 9.17) is 9.47 Å². The third-order valence-electron chi connectivity index (χ3n) is 2.65. The van der Waals surface area contributed by atoms with Crippen molar-refractivity contribution in [2.45, 2.75) is 38.4 Å². The molecule has 1 saturated heterocycles. The molecule has 1 heterocycles. The second-order valence-electron chi connectivity index (χ2n) is 3.57. The molecule has 68 valence electrons. The third-order valence-corrected chi connectivity index (χ3v) is 2.65. The van der Waals surface area contributed by atoms with E-state index in [1.54, 1.807) is 0 Å². The lowest BCUT2D eigenvalue weighted by Crippen LogP contribution is -2.23. The first-order valence-corrected chi connectivity index (χ1v) is 4.67. The van der Waals surface area contributed by atoms with Gasteiger partial charge in [-0.2, -0.15) is 0 Å². The van der Waals surface area contributed by atoms with Gasteiger partial charge in [-0.05, 0) is 12.8 Å². The normalized spacial score (nSPS) is 32.0. The molecular weight excluding hydrogens is 156 g/mol. The van der Waals surface area contributed by atoms with Gasteiger partial charge in [-0.3, -0.25) is 0 Å². The van der Waals surface area contributed by atoms with Crippen LogP contribution in [-0.4, -0.2) is 18.9 Å². The van der Waals surface area contributed by atoms with Crippen LogP contribution >= 0.6 is 0 Å². The smallest absolute Gasteiger partial charge is 0.334 e. The van der Waals surface area contributed by atoms with Gasteiger partial charge >= 0.3 is 5.97 Å². The van der Waals surface area contributed by atoms with Crippen molar-refractivity contribution in [3.8, 4) is 0 Å². The van der Waals surface area contributed by atoms with Crippen molar-refractivity contribution in [1.82, 2.24) is 0 Å². The van der Waals surface area contributed by atoms with Crippen LogP contribution in [-0.2, 0) is 14.3 Å². The van der Waals surface area contributed by atoms with Crippen LogP contribution in [0.1, 0.15) is 32.1 Å². The van der Waals surface area contributed by atoms with E-state index in [1.165, 1.54) is 19.3 Å².